The Kier molecular flexibility index (Phi) is 7.69. The normalized spacial score (nSPS) is 14.2. The standard InChI is InChI=1S/C27H22BrN3O6/c1-16-23(27(35)36-2)22(26(34)31(16)19-10-8-17(28)9-11-19)14-20-12-13-21(37-20)15-29-24(32)25(33)30-18-6-4-3-5-7-18/h3-14H,15H2,1-2H3,(H,29,32)(H,30,33)/b22-14-. The fraction of sp³-hybridized carbons (Fsp3) is 0.111. The maximum Gasteiger partial charge on any atom is 0.340 e. The second-order valence-electron chi connectivity index (χ2n) is 7.93. The van der Waals surface area contributed by atoms with Crippen LogP contribution in [0.2, 0.25) is 0 Å². The van der Waals surface area contributed by atoms with Crippen molar-refractivity contribution < 1.29 is 28.3 Å². The summed E-state index contributed by atoms with van der Waals surface area (Å²) < 4.78 is 11.5. The van der Waals surface area contributed by atoms with Crippen molar-refractivity contribution in [3.05, 3.63) is 99.6 Å². The van der Waals surface area contributed by atoms with Crippen LogP contribution in [0.4, 0.5) is 11.4 Å². The first-order valence-corrected chi connectivity index (χ1v) is 11.9. The van der Waals surface area contributed by atoms with Gasteiger partial charge >= 0.3 is 17.8 Å². The summed E-state index contributed by atoms with van der Waals surface area (Å²) in [6.45, 7) is 1.61. The first kappa shape index (κ1) is 25.6. The number of ether oxygens (including phenoxy) is 1. The summed E-state index contributed by atoms with van der Waals surface area (Å²) in [5.74, 6) is -2.07. The highest BCUT2D eigenvalue weighted by atomic mass is 79.9. The van der Waals surface area contributed by atoms with E-state index in [0.29, 0.717) is 22.8 Å². The second-order valence-corrected chi connectivity index (χ2v) is 8.85. The van der Waals surface area contributed by atoms with E-state index in [1.54, 1.807) is 73.7 Å². The number of methoxy groups -OCH3 is 1. The molecule has 0 saturated carbocycles. The Morgan fingerprint density at radius 2 is 1.70 bits per heavy atom. The van der Waals surface area contributed by atoms with E-state index in [0.717, 1.165) is 4.47 Å². The number of rotatable bonds is 6. The highest BCUT2D eigenvalue weighted by Gasteiger charge is 2.38. The van der Waals surface area contributed by atoms with Gasteiger partial charge in [-0.1, -0.05) is 34.1 Å². The minimum absolute atomic E-state index is 0.0537. The molecule has 3 amide bonds. The van der Waals surface area contributed by atoms with Crippen molar-refractivity contribution in [3.63, 3.8) is 0 Å². The van der Waals surface area contributed by atoms with Crippen LogP contribution in [0, 0.1) is 0 Å². The van der Waals surface area contributed by atoms with E-state index in [4.69, 9.17) is 9.15 Å². The number of carbonyl (C=O) groups is 4. The third kappa shape index (κ3) is 5.70. The molecule has 4 rings (SSSR count). The van der Waals surface area contributed by atoms with Crippen LogP contribution >= 0.6 is 15.9 Å². The van der Waals surface area contributed by atoms with Gasteiger partial charge < -0.3 is 19.8 Å². The van der Waals surface area contributed by atoms with Gasteiger partial charge in [-0.05, 0) is 61.5 Å². The summed E-state index contributed by atoms with van der Waals surface area (Å²) in [4.78, 5) is 51.5. The van der Waals surface area contributed by atoms with Crippen molar-refractivity contribution in [3.8, 4) is 0 Å². The number of benzene rings is 2. The van der Waals surface area contributed by atoms with E-state index < -0.39 is 23.7 Å². The Labute approximate surface area is 220 Å². The fourth-order valence-electron chi connectivity index (χ4n) is 3.75. The van der Waals surface area contributed by atoms with Crippen LogP contribution in [0.3, 0.4) is 0 Å². The number of hydrogen-bond donors (Lipinski definition) is 2. The van der Waals surface area contributed by atoms with Crippen molar-refractivity contribution in [1.29, 1.82) is 0 Å². The van der Waals surface area contributed by atoms with Gasteiger partial charge in [0.25, 0.3) is 5.91 Å². The molecule has 9 nitrogen and oxygen atoms in total. The number of halogens is 1. The van der Waals surface area contributed by atoms with Gasteiger partial charge in [-0.2, -0.15) is 0 Å². The molecular formula is C27H22BrN3O6. The lowest BCUT2D eigenvalue weighted by atomic mass is 10.1. The van der Waals surface area contributed by atoms with E-state index in [1.165, 1.54) is 18.1 Å². The van der Waals surface area contributed by atoms with Crippen molar-refractivity contribution in [2.24, 2.45) is 0 Å². The Morgan fingerprint density at radius 1 is 1.00 bits per heavy atom. The van der Waals surface area contributed by atoms with Gasteiger partial charge in [0.2, 0.25) is 0 Å². The maximum absolute atomic E-state index is 13.3. The molecule has 0 fully saturated rings. The molecule has 0 aliphatic carbocycles. The summed E-state index contributed by atoms with van der Waals surface area (Å²) in [6.07, 6.45) is 1.45. The van der Waals surface area contributed by atoms with Gasteiger partial charge in [-0.15, -0.1) is 0 Å². The Morgan fingerprint density at radius 3 is 2.38 bits per heavy atom. The predicted molar refractivity (Wildman–Crippen MR) is 140 cm³/mol. The number of nitrogens with zero attached hydrogens (tertiary/aromatic N) is 1. The first-order chi connectivity index (χ1) is 17.8. The molecule has 0 spiro atoms. The van der Waals surface area contributed by atoms with Crippen LogP contribution in [-0.2, 0) is 30.5 Å². The van der Waals surface area contributed by atoms with Crippen molar-refractivity contribution >= 4 is 57.1 Å². The summed E-state index contributed by atoms with van der Waals surface area (Å²) in [5.41, 5.74) is 1.75. The average Bonchev–Trinajstić information content (AvgIpc) is 3.45. The molecule has 3 aromatic rings. The van der Waals surface area contributed by atoms with Crippen LogP contribution in [-0.4, -0.2) is 30.8 Å². The number of para-hydroxylation sites is 1. The van der Waals surface area contributed by atoms with Crippen molar-refractivity contribution in [2.75, 3.05) is 17.3 Å². The number of furan rings is 1. The molecule has 0 bridgehead atoms. The smallest absolute Gasteiger partial charge is 0.340 e. The lowest BCUT2D eigenvalue weighted by Gasteiger charge is -2.17. The molecule has 1 aromatic heterocycles. The molecule has 2 N–H and O–H groups in total. The van der Waals surface area contributed by atoms with E-state index >= 15 is 0 Å². The molecule has 188 valence electrons. The first-order valence-electron chi connectivity index (χ1n) is 11.1. The zero-order chi connectivity index (χ0) is 26.5. The lowest BCUT2D eigenvalue weighted by molar-refractivity contribution is -0.136. The third-order valence-electron chi connectivity index (χ3n) is 5.50. The molecule has 2 heterocycles. The van der Waals surface area contributed by atoms with E-state index in [1.807, 2.05) is 0 Å². The Hall–Kier alpha value is -4.44. The van der Waals surface area contributed by atoms with Crippen LogP contribution in [0.25, 0.3) is 6.08 Å². The number of nitrogens with one attached hydrogen (secondary N) is 2. The van der Waals surface area contributed by atoms with Gasteiger partial charge in [-0.3, -0.25) is 19.3 Å². The van der Waals surface area contributed by atoms with Gasteiger partial charge in [0.05, 0.1) is 24.8 Å². The topological polar surface area (TPSA) is 118 Å². The Bertz CT molecular complexity index is 1420. The molecule has 0 unspecified atom stereocenters. The zero-order valence-corrected chi connectivity index (χ0v) is 21.5. The van der Waals surface area contributed by atoms with Crippen LogP contribution in [0.5, 0.6) is 0 Å². The predicted octanol–water partition coefficient (Wildman–Crippen LogP) is 4.17. The van der Waals surface area contributed by atoms with Crippen LogP contribution < -0.4 is 15.5 Å². The highest BCUT2D eigenvalue weighted by Crippen LogP contribution is 2.36. The molecule has 0 saturated heterocycles. The SMILES string of the molecule is COC(=O)C1=C(C)N(c2ccc(Br)cc2)C(=O)/C1=C\c1ccc(CNC(=O)C(=O)Nc2ccccc2)o1. The summed E-state index contributed by atoms with van der Waals surface area (Å²) in [7, 11) is 1.24. The molecule has 0 atom stereocenters. The highest BCUT2D eigenvalue weighted by molar-refractivity contribution is 9.10. The van der Waals surface area contributed by atoms with Gasteiger partial charge in [-0.25, -0.2) is 4.79 Å². The van der Waals surface area contributed by atoms with Gasteiger partial charge in [0.15, 0.2) is 0 Å². The van der Waals surface area contributed by atoms with E-state index in [9.17, 15) is 19.2 Å². The molecule has 1 aliphatic heterocycles. The fourth-order valence-corrected chi connectivity index (χ4v) is 4.01. The third-order valence-corrected chi connectivity index (χ3v) is 6.03. The number of carbonyl (C=O) groups excluding carboxylic acids is 4. The van der Waals surface area contributed by atoms with Crippen molar-refractivity contribution in [1.82, 2.24) is 5.32 Å². The summed E-state index contributed by atoms with van der Waals surface area (Å²) in [6, 6.07) is 18.9. The zero-order valence-electron chi connectivity index (χ0n) is 19.9. The quantitative estimate of drug-likeness (QED) is 0.264. The molecule has 37 heavy (non-hydrogen) atoms. The van der Waals surface area contributed by atoms with Crippen LogP contribution in [0.1, 0.15) is 18.4 Å². The molecule has 0 radical (unpaired) electrons. The summed E-state index contributed by atoms with van der Waals surface area (Å²) >= 11 is 3.37. The van der Waals surface area contributed by atoms with E-state index in [2.05, 4.69) is 26.6 Å². The van der Waals surface area contributed by atoms with Crippen molar-refractivity contribution in [2.45, 2.75) is 13.5 Å². The number of hydrogen-bond acceptors (Lipinski definition) is 6. The van der Waals surface area contributed by atoms with Crippen LogP contribution in [0.15, 0.2) is 92.5 Å². The second kappa shape index (κ2) is 11.1. The van der Waals surface area contributed by atoms with Gasteiger partial charge in [0.1, 0.15) is 11.5 Å². The number of anilines is 2. The minimum Gasteiger partial charge on any atom is -0.465 e. The van der Waals surface area contributed by atoms with E-state index in [-0.39, 0.29) is 23.5 Å². The molecule has 2 aromatic carbocycles. The Balaban J connectivity index is 1.50. The lowest BCUT2D eigenvalue weighted by Crippen LogP contribution is -2.34. The average molecular weight is 564 g/mol. The summed E-state index contributed by atoms with van der Waals surface area (Å²) in [5, 5.41) is 4.98. The molecular weight excluding hydrogens is 542 g/mol. The number of allylic oxidation sites excluding steroid dienone is 1. The van der Waals surface area contributed by atoms with Gasteiger partial charge in [0, 0.05) is 21.5 Å². The monoisotopic (exact) mass is 563 g/mol. The number of esters is 1. The minimum atomic E-state index is -0.831. The molecule has 1 aliphatic rings. The molecule has 10 heteroatoms. The largest absolute Gasteiger partial charge is 0.465 e. The maximum atomic E-state index is 13.3. The number of amides is 3.